The Morgan fingerprint density at radius 3 is 1.82 bits per heavy atom. The second-order valence-corrected chi connectivity index (χ2v) is 13.7. The lowest BCUT2D eigenvalue weighted by Gasteiger charge is -2.15. The molecule has 44 heavy (non-hydrogen) atoms. The van der Waals surface area contributed by atoms with Gasteiger partial charge in [0.2, 0.25) is 0 Å². The van der Waals surface area contributed by atoms with Crippen LogP contribution in [0, 0.1) is 0 Å². The smallest absolute Gasteiger partial charge is 0.169 e. The Morgan fingerprint density at radius 2 is 1.30 bits per heavy atom. The van der Waals surface area contributed by atoms with Crippen LogP contribution >= 0.6 is 21.6 Å². The van der Waals surface area contributed by atoms with Gasteiger partial charge in [-0.05, 0) is 35.4 Å². The minimum atomic E-state index is 0.878. The van der Waals surface area contributed by atoms with E-state index >= 15 is 0 Å². The second-order valence-electron chi connectivity index (χ2n) is 11.0. The molecule has 3 aromatic rings. The Labute approximate surface area is 271 Å². The van der Waals surface area contributed by atoms with Gasteiger partial charge in [-0.3, -0.25) is 0 Å². The third-order valence-electron chi connectivity index (χ3n) is 7.48. The quantitative estimate of drug-likeness (QED) is 0.104. The van der Waals surface area contributed by atoms with Crippen LogP contribution < -0.4 is 23.8 Å². The molecule has 1 aliphatic rings. The van der Waals surface area contributed by atoms with Crippen molar-refractivity contribution in [3.05, 3.63) is 95.3 Å². The first-order valence-corrected chi connectivity index (χ1v) is 17.4. The lowest BCUT2D eigenvalue weighted by molar-refractivity contribution is -0.692. The lowest BCUT2D eigenvalue weighted by Crippen LogP contribution is -2.33. The fourth-order valence-electron chi connectivity index (χ4n) is 4.72. The normalized spacial score (nSPS) is 13.2. The first kappa shape index (κ1) is 33.3. The molecule has 0 spiro atoms. The largest absolute Gasteiger partial charge is 0.496 e. The molecule has 0 N–H and O–H groups in total. The third-order valence-corrected chi connectivity index (χ3v) is 9.85. The maximum atomic E-state index is 5.61. The molecule has 232 valence electrons. The van der Waals surface area contributed by atoms with E-state index in [-0.39, 0.29) is 0 Å². The van der Waals surface area contributed by atoms with Crippen LogP contribution in [0.25, 0.3) is 18.2 Å². The summed E-state index contributed by atoms with van der Waals surface area (Å²) in [4.78, 5) is 4.16. The molecule has 0 aliphatic carbocycles. The highest BCUT2D eigenvalue weighted by Gasteiger charge is 2.11. The second kappa shape index (κ2) is 17.0. The number of rotatable bonds is 15. The zero-order valence-corrected chi connectivity index (χ0v) is 28.5. The van der Waals surface area contributed by atoms with E-state index in [4.69, 9.17) is 9.47 Å². The van der Waals surface area contributed by atoms with Crippen LogP contribution in [0.5, 0.6) is 11.5 Å². The number of ether oxygens (including phenoxy) is 2. The van der Waals surface area contributed by atoms with Crippen LogP contribution in [-0.4, -0.2) is 77.8 Å². The van der Waals surface area contributed by atoms with Crippen molar-refractivity contribution in [3.8, 4) is 11.5 Å². The molecule has 2 heterocycles. The molecule has 6 nitrogen and oxygen atoms in total. The Kier molecular flexibility index (Phi) is 12.9. The monoisotopic (exact) mass is 630 g/mol. The highest BCUT2D eigenvalue weighted by atomic mass is 33.1. The molecular weight excluding hydrogens is 585 g/mol. The average Bonchev–Trinajstić information content (AvgIpc) is 3.05. The number of pyridine rings is 1. The number of allylic oxidation sites excluding steroid dienone is 2. The van der Waals surface area contributed by atoms with Gasteiger partial charge in [-0.2, -0.15) is 0 Å². The molecule has 0 radical (unpaired) electrons. The Balaban J connectivity index is 1.16. The van der Waals surface area contributed by atoms with Gasteiger partial charge >= 0.3 is 0 Å². The average molecular weight is 631 g/mol. The van der Waals surface area contributed by atoms with E-state index in [1.54, 1.807) is 14.2 Å². The van der Waals surface area contributed by atoms with E-state index in [1.807, 2.05) is 49.8 Å². The molecule has 2 aromatic carbocycles. The fourth-order valence-corrected chi connectivity index (χ4v) is 6.70. The van der Waals surface area contributed by atoms with Crippen LogP contribution in [0.1, 0.15) is 23.1 Å². The molecular formula is C36H46N4O2S2+2. The molecule has 1 aromatic heterocycles. The number of methoxy groups -OCH3 is 2. The van der Waals surface area contributed by atoms with E-state index in [1.165, 1.54) is 11.1 Å². The van der Waals surface area contributed by atoms with Gasteiger partial charge < -0.3 is 19.3 Å². The van der Waals surface area contributed by atoms with Gasteiger partial charge in [0.25, 0.3) is 0 Å². The van der Waals surface area contributed by atoms with Gasteiger partial charge in [-0.15, -0.1) is 0 Å². The van der Waals surface area contributed by atoms with Gasteiger partial charge in [0.15, 0.2) is 31.7 Å². The molecule has 8 heteroatoms. The van der Waals surface area contributed by atoms with Crippen molar-refractivity contribution in [2.45, 2.75) is 13.0 Å². The SMILES string of the molecule is COc1cc(N(C)C)ccc1/C=C/C1=CC=[N+](CCSSCC[n+]2ccc(/C=C/c3ccc(N(C)C)cc3OC)cc2)CC1. The summed E-state index contributed by atoms with van der Waals surface area (Å²) < 4.78 is 15.9. The van der Waals surface area contributed by atoms with E-state index in [9.17, 15) is 0 Å². The van der Waals surface area contributed by atoms with E-state index in [2.05, 4.69) is 116 Å². The Morgan fingerprint density at radius 1 is 0.727 bits per heavy atom. The van der Waals surface area contributed by atoms with Gasteiger partial charge in [-0.1, -0.05) is 45.9 Å². The predicted molar refractivity (Wildman–Crippen MR) is 193 cm³/mol. The minimum Gasteiger partial charge on any atom is -0.496 e. The molecule has 0 unspecified atom stereocenters. The summed E-state index contributed by atoms with van der Waals surface area (Å²) in [7, 11) is 15.5. The number of anilines is 2. The molecule has 4 rings (SSSR count). The summed E-state index contributed by atoms with van der Waals surface area (Å²) in [5.41, 5.74) is 6.95. The zero-order chi connectivity index (χ0) is 31.3. The molecule has 0 atom stereocenters. The van der Waals surface area contributed by atoms with E-state index < -0.39 is 0 Å². The number of benzene rings is 2. The van der Waals surface area contributed by atoms with Crippen LogP contribution in [-0.2, 0) is 6.54 Å². The maximum absolute atomic E-state index is 5.61. The van der Waals surface area contributed by atoms with E-state index in [0.717, 1.165) is 71.6 Å². The molecule has 0 saturated carbocycles. The summed E-state index contributed by atoms with van der Waals surface area (Å²) in [5.74, 6) is 3.97. The Bertz CT molecular complexity index is 1490. The van der Waals surface area contributed by atoms with Crippen LogP contribution in [0.15, 0.2) is 78.6 Å². The molecule has 1 aliphatic heterocycles. The summed E-state index contributed by atoms with van der Waals surface area (Å²) >= 11 is 0. The number of nitrogens with zero attached hydrogens (tertiary/aromatic N) is 4. The van der Waals surface area contributed by atoms with Crippen molar-refractivity contribution in [1.29, 1.82) is 0 Å². The molecule has 0 fully saturated rings. The number of hydrogen-bond acceptors (Lipinski definition) is 6. The van der Waals surface area contributed by atoms with Gasteiger partial charge in [0, 0.05) is 87.5 Å². The maximum Gasteiger partial charge on any atom is 0.169 e. The van der Waals surface area contributed by atoms with Crippen molar-refractivity contribution in [2.75, 3.05) is 76.8 Å². The third kappa shape index (κ3) is 9.96. The van der Waals surface area contributed by atoms with Crippen LogP contribution in [0.3, 0.4) is 0 Å². The predicted octanol–water partition coefficient (Wildman–Crippen LogP) is 6.80. The van der Waals surface area contributed by atoms with E-state index in [0.29, 0.717) is 0 Å². The summed E-state index contributed by atoms with van der Waals surface area (Å²) in [5, 5.41) is 0. The highest BCUT2D eigenvalue weighted by molar-refractivity contribution is 8.76. The van der Waals surface area contributed by atoms with Crippen molar-refractivity contribution in [3.63, 3.8) is 0 Å². The lowest BCUT2D eigenvalue weighted by atomic mass is 10.1. The van der Waals surface area contributed by atoms with Gasteiger partial charge in [0.05, 0.1) is 25.7 Å². The van der Waals surface area contributed by atoms with Crippen LogP contribution in [0.2, 0.25) is 0 Å². The van der Waals surface area contributed by atoms with Gasteiger partial charge in [0.1, 0.15) is 18.0 Å². The standard InChI is InChI=1S/C36H46N4O2S2/c1-37(2)33-13-11-31(35(27-33)41-5)9-7-29-15-19-39(20-16-29)23-25-43-44-26-24-40-21-17-30(18-22-40)8-10-32-12-14-34(38(3)4)28-36(32)42-6/h7-17,19-21,27-28H,18,22-26H2,1-6H3/q+2. The number of aryl methyl sites for hydroxylation is 1. The van der Waals surface area contributed by atoms with Crippen molar-refractivity contribution in [1.82, 2.24) is 0 Å². The van der Waals surface area contributed by atoms with Crippen molar-refractivity contribution < 1.29 is 18.6 Å². The first-order valence-electron chi connectivity index (χ1n) is 14.9. The summed E-state index contributed by atoms with van der Waals surface area (Å²) in [6.07, 6.45) is 18.5. The fraction of sp³-hybridized carbons (Fsp3) is 0.333. The summed E-state index contributed by atoms with van der Waals surface area (Å²) in [6.45, 7) is 3.13. The minimum absolute atomic E-state index is 0.878. The molecule has 0 bridgehead atoms. The molecule has 0 saturated heterocycles. The topological polar surface area (TPSA) is 31.8 Å². The number of aromatic nitrogens is 1. The zero-order valence-electron chi connectivity index (χ0n) is 26.9. The molecule has 0 amide bonds. The Hall–Kier alpha value is -3.62. The van der Waals surface area contributed by atoms with Crippen molar-refractivity contribution in [2.24, 2.45) is 0 Å². The first-order chi connectivity index (χ1) is 21.4. The highest BCUT2D eigenvalue weighted by Crippen LogP contribution is 2.28. The van der Waals surface area contributed by atoms with Crippen LogP contribution in [0.4, 0.5) is 11.4 Å². The number of hydrogen-bond donors (Lipinski definition) is 0. The van der Waals surface area contributed by atoms with Crippen molar-refractivity contribution >= 4 is 57.4 Å². The van der Waals surface area contributed by atoms with Gasteiger partial charge in [-0.25, -0.2) is 9.14 Å². The summed E-state index contributed by atoms with van der Waals surface area (Å²) in [6, 6.07) is 16.9.